The Morgan fingerprint density at radius 3 is 2.63 bits per heavy atom. The molecule has 98 valence electrons. The van der Waals surface area contributed by atoms with E-state index < -0.39 is 0 Å². The second-order valence-corrected chi connectivity index (χ2v) is 6.47. The van der Waals surface area contributed by atoms with Gasteiger partial charge in [-0.15, -0.1) is 0 Å². The molecule has 19 heavy (non-hydrogen) atoms. The molecule has 0 aromatic heterocycles. The van der Waals surface area contributed by atoms with Gasteiger partial charge in [0, 0.05) is 19.3 Å². The van der Waals surface area contributed by atoms with Crippen LogP contribution >= 0.6 is 50.1 Å². The molecule has 0 aliphatic heterocycles. The lowest BCUT2D eigenvalue weighted by atomic mass is 10.2. The molecule has 0 bridgehead atoms. The molecule has 2 nitrogen and oxygen atoms in total. The predicted octanol–water partition coefficient (Wildman–Crippen LogP) is 5.27. The number of carbonyl (C=O) groups excluding carboxylic acids is 1. The maximum Gasteiger partial charge on any atom is 0.255 e. The van der Waals surface area contributed by atoms with Gasteiger partial charge in [0.25, 0.3) is 5.91 Å². The van der Waals surface area contributed by atoms with Crippen molar-refractivity contribution in [1.29, 1.82) is 0 Å². The molecule has 0 saturated heterocycles. The lowest BCUT2D eigenvalue weighted by molar-refractivity contribution is 0.102. The molecule has 0 saturated carbocycles. The van der Waals surface area contributed by atoms with E-state index in [0.29, 0.717) is 10.6 Å². The van der Waals surface area contributed by atoms with Gasteiger partial charge in [0.05, 0.1) is 5.02 Å². The van der Waals surface area contributed by atoms with Crippen LogP contribution in [0.4, 0.5) is 5.69 Å². The minimum atomic E-state index is -0.167. The molecule has 0 atom stereocenters. The predicted molar refractivity (Wildman–Crippen MR) is 91.0 cm³/mol. The van der Waals surface area contributed by atoms with E-state index in [4.69, 9.17) is 11.6 Å². The maximum atomic E-state index is 12.1. The molecule has 0 spiro atoms. The van der Waals surface area contributed by atoms with Crippen LogP contribution in [0.3, 0.4) is 0 Å². The Kier molecular flexibility index (Phi) is 4.86. The smallest absolute Gasteiger partial charge is 0.255 e. The van der Waals surface area contributed by atoms with Gasteiger partial charge in [-0.05, 0) is 71.5 Å². The number of hydrogen-bond acceptors (Lipinski definition) is 1. The van der Waals surface area contributed by atoms with Crippen LogP contribution in [0.25, 0.3) is 0 Å². The highest BCUT2D eigenvalue weighted by Crippen LogP contribution is 2.22. The van der Waals surface area contributed by atoms with Gasteiger partial charge < -0.3 is 5.32 Å². The lowest BCUT2D eigenvalue weighted by Gasteiger charge is -2.08. The van der Waals surface area contributed by atoms with E-state index in [9.17, 15) is 4.79 Å². The number of hydrogen-bond donors (Lipinski definition) is 1. The summed E-state index contributed by atoms with van der Waals surface area (Å²) < 4.78 is 1.94. The molecule has 0 fully saturated rings. The highest BCUT2D eigenvalue weighted by Gasteiger charge is 2.08. The van der Waals surface area contributed by atoms with Crippen molar-refractivity contribution < 1.29 is 4.79 Å². The number of amides is 1. The fourth-order valence-electron chi connectivity index (χ4n) is 1.56. The van der Waals surface area contributed by atoms with Crippen LogP contribution in [-0.2, 0) is 0 Å². The van der Waals surface area contributed by atoms with Crippen LogP contribution in [0.2, 0.25) is 5.02 Å². The molecule has 0 aliphatic rings. The highest BCUT2D eigenvalue weighted by atomic mass is 127. The number of halogens is 3. The van der Waals surface area contributed by atoms with Crippen molar-refractivity contribution in [2.45, 2.75) is 6.92 Å². The Morgan fingerprint density at radius 1 is 1.26 bits per heavy atom. The van der Waals surface area contributed by atoms with Gasteiger partial charge in [-0.1, -0.05) is 27.5 Å². The second-order valence-electron chi connectivity index (χ2n) is 4.05. The largest absolute Gasteiger partial charge is 0.322 e. The summed E-state index contributed by atoms with van der Waals surface area (Å²) in [6, 6.07) is 10.9. The van der Waals surface area contributed by atoms with Crippen molar-refractivity contribution in [2.24, 2.45) is 0 Å². The number of aryl methyl sites for hydroxylation is 1. The number of benzene rings is 2. The number of anilines is 1. The number of carbonyl (C=O) groups is 1. The summed E-state index contributed by atoms with van der Waals surface area (Å²) in [6.45, 7) is 1.97. The van der Waals surface area contributed by atoms with Crippen molar-refractivity contribution >= 4 is 61.7 Å². The molecule has 0 heterocycles. The maximum absolute atomic E-state index is 12.1. The normalized spacial score (nSPS) is 10.3. The zero-order valence-electron chi connectivity index (χ0n) is 10.0. The summed E-state index contributed by atoms with van der Waals surface area (Å²) in [6.07, 6.45) is 0. The summed E-state index contributed by atoms with van der Waals surface area (Å²) in [5.74, 6) is -0.167. The van der Waals surface area contributed by atoms with Gasteiger partial charge in [-0.25, -0.2) is 0 Å². The van der Waals surface area contributed by atoms with Crippen LogP contribution in [0, 0.1) is 10.5 Å². The first kappa shape index (κ1) is 14.8. The molecule has 0 aliphatic carbocycles. The second kappa shape index (κ2) is 6.24. The molecule has 1 N–H and O–H groups in total. The van der Waals surface area contributed by atoms with Crippen LogP contribution in [0.5, 0.6) is 0 Å². The summed E-state index contributed by atoms with van der Waals surface area (Å²) in [4.78, 5) is 12.1. The van der Waals surface area contributed by atoms with Crippen molar-refractivity contribution in [1.82, 2.24) is 0 Å². The van der Waals surface area contributed by atoms with Crippen molar-refractivity contribution in [2.75, 3.05) is 5.32 Å². The molecule has 2 rings (SSSR count). The van der Waals surface area contributed by atoms with E-state index in [1.54, 1.807) is 12.1 Å². The number of rotatable bonds is 2. The Morgan fingerprint density at radius 2 is 2.00 bits per heavy atom. The topological polar surface area (TPSA) is 29.1 Å². The summed E-state index contributed by atoms with van der Waals surface area (Å²) in [7, 11) is 0. The lowest BCUT2D eigenvalue weighted by Crippen LogP contribution is -2.12. The van der Waals surface area contributed by atoms with Gasteiger partial charge in [-0.2, -0.15) is 0 Å². The minimum absolute atomic E-state index is 0.167. The average molecular weight is 451 g/mol. The van der Waals surface area contributed by atoms with Gasteiger partial charge in [0.15, 0.2) is 0 Å². The number of nitrogens with one attached hydrogen (secondary N) is 1. The third kappa shape index (κ3) is 3.70. The molecule has 1 amide bonds. The van der Waals surface area contributed by atoms with Gasteiger partial charge in [0.2, 0.25) is 0 Å². The van der Waals surface area contributed by atoms with Gasteiger partial charge in [-0.3, -0.25) is 4.79 Å². The first-order valence-electron chi connectivity index (χ1n) is 5.50. The molecular weight excluding hydrogens is 440 g/mol. The zero-order chi connectivity index (χ0) is 14.0. The molecule has 0 radical (unpaired) electrons. The summed E-state index contributed by atoms with van der Waals surface area (Å²) in [5.41, 5.74) is 2.38. The quantitative estimate of drug-likeness (QED) is 0.621. The van der Waals surface area contributed by atoms with Crippen LogP contribution in [0.15, 0.2) is 40.9 Å². The van der Waals surface area contributed by atoms with Gasteiger partial charge >= 0.3 is 0 Å². The summed E-state index contributed by atoms with van der Waals surface area (Å²) in [5, 5.41) is 3.44. The van der Waals surface area contributed by atoms with Crippen molar-refractivity contribution in [3.63, 3.8) is 0 Å². The van der Waals surface area contributed by atoms with E-state index in [1.165, 1.54) is 0 Å². The van der Waals surface area contributed by atoms with Crippen LogP contribution in [0.1, 0.15) is 15.9 Å². The van der Waals surface area contributed by atoms with E-state index >= 15 is 0 Å². The first-order chi connectivity index (χ1) is 8.97. The Labute approximate surface area is 138 Å². The SMILES string of the molecule is Cc1cc(NC(=O)c2ccc(I)c(Cl)c2)ccc1Br. The zero-order valence-corrected chi connectivity index (χ0v) is 14.5. The average Bonchev–Trinajstić information content (AvgIpc) is 2.37. The summed E-state index contributed by atoms with van der Waals surface area (Å²) >= 11 is 11.6. The fraction of sp³-hybridized carbons (Fsp3) is 0.0714. The monoisotopic (exact) mass is 449 g/mol. The minimum Gasteiger partial charge on any atom is -0.322 e. The van der Waals surface area contributed by atoms with Gasteiger partial charge in [0.1, 0.15) is 0 Å². The van der Waals surface area contributed by atoms with E-state index in [0.717, 1.165) is 19.3 Å². The molecule has 2 aromatic rings. The first-order valence-corrected chi connectivity index (χ1v) is 7.75. The molecule has 2 aromatic carbocycles. The van der Waals surface area contributed by atoms with Crippen molar-refractivity contribution in [3.8, 4) is 0 Å². The third-order valence-electron chi connectivity index (χ3n) is 2.60. The third-order valence-corrected chi connectivity index (χ3v) is 5.06. The van der Waals surface area contributed by atoms with E-state index in [-0.39, 0.29) is 5.91 Å². The Balaban J connectivity index is 2.20. The van der Waals surface area contributed by atoms with E-state index in [1.807, 2.05) is 31.2 Å². The van der Waals surface area contributed by atoms with Crippen LogP contribution in [-0.4, -0.2) is 5.91 Å². The van der Waals surface area contributed by atoms with Crippen molar-refractivity contribution in [3.05, 3.63) is 60.6 Å². The highest BCUT2D eigenvalue weighted by molar-refractivity contribution is 14.1. The van der Waals surface area contributed by atoms with Crippen LogP contribution < -0.4 is 5.32 Å². The Hall–Kier alpha value is -0.590. The Bertz CT molecular complexity index is 645. The van der Waals surface area contributed by atoms with E-state index in [2.05, 4.69) is 43.8 Å². The standard InChI is InChI=1S/C14H10BrClINO/c1-8-6-10(3-4-11(8)15)18-14(19)9-2-5-13(17)12(16)7-9/h2-7H,1H3,(H,18,19). The molecule has 5 heteroatoms. The molecule has 0 unspecified atom stereocenters. The fourth-order valence-corrected chi connectivity index (χ4v) is 2.33. The molecular formula is C14H10BrClINO.